The summed E-state index contributed by atoms with van der Waals surface area (Å²) in [5, 5.41) is 1.05. The molecule has 0 bridgehead atoms. The molecule has 33 heavy (non-hydrogen) atoms. The van der Waals surface area contributed by atoms with Gasteiger partial charge in [0.1, 0.15) is 11.6 Å². The fourth-order valence-corrected chi connectivity index (χ4v) is 4.45. The van der Waals surface area contributed by atoms with Crippen LogP contribution in [0.25, 0.3) is 33.2 Å². The second-order valence-corrected chi connectivity index (χ2v) is 8.39. The fourth-order valence-electron chi connectivity index (χ4n) is 3.76. The largest absolute Gasteiger partial charge is 0.367 e. The van der Waals surface area contributed by atoms with E-state index in [2.05, 4.69) is 25.7 Å². The zero-order valence-electron chi connectivity index (χ0n) is 17.8. The van der Waals surface area contributed by atoms with Gasteiger partial charge in [-0.1, -0.05) is 13.0 Å². The van der Waals surface area contributed by atoms with Gasteiger partial charge in [0.15, 0.2) is 0 Å². The second-order valence-electron chi connectivity index (χ2n) is 7.54. The molecule has 164 valence electrons. The normalized spacial score (nSPS) is 11.1. The Kier molecular flexibility index (Phi) is 5.79. The van der Waals surface area contributed by atoms with Gasteiger partial charge in [-0.25, -0.2) is 8.78 Å². The van der Waals surface area contributed by atoms with Gasteiger partial charge in [-0.3, -0.25) is 9.97 Å². The number of anilines is 1. The lowest BCUT2D eigenvalue weighted by Crippen LogP contribution is -1.98. The highest BCUT2D eigenvalue weighted by atomic mass is 32.2. The van der Waals surface area contributed by atoms with Crippen molar-refractivity contribution in [2.75, 3.05) is 4.72 Å². The van der Waals surface area contributed by atoms with Crippen molar-refractivity contribution in [1.82, 2.24) is 15.0 Å². The summed E-state index contributed by atoms with van der Waals surface area (Å²) in [5.41, 5.74) is 6.70. The Bertz CT molecular complexity index is 1430. The van der Waals surface area contributed by atoms with Crippen molar-refractivity contribution in [3.8, 4) is 22.3 Å². The van der Waals surface area contributed by atoms with Gasteiger partial charge in [-0.2, -0.15) is 0 Å². The van der Waals surface area contributed by atoms with Crippen molar-refractivity contribution in [1.29, 1.82) is 0 Å². The van der Waals surface area contributed by atoms with Crippen molar-refractivity contribution >= 4 is 28.5 Å². The molecule has 3 heterocycles. The van der Waals surface area contributed by atoms with E-state index in [9.17, 15) is 8.78 Å². The van der Waals surface area contributed by atoms with Gasteiger partial charge in [0.2, 0.25) is 0 Å². The van der Waals surface area contributed by atoms with Crippen LogP contribution in [0.5, 0.6) is 0 Å². The number of benzene rings is 2. The van der Waals surface area contributed by atoms with Gasteiger partial charge < -0.3 is 9.71 Å². The number of hydrogen-bond acceptors (Lipinski definition) is 4. The Morgan fingerprint density at radius 1 is 0.939 bits per heavy atom. The molecule has 0 saturated carbocycles. The van der Waals surface area contributed by atoms with Crippen LogP contribution in [0.4, 0.5) is 14.5 Å². The van der Waals surface area contributed by atoms with Gasteiger partial charge in [0.05, 0.1) is 21.8 Å². The third-order valence-electron chi connectivity index (χ3n) is 5.45. The molecular weight excluding hydrogens is 438 g/mol. The summed E-state index contributed by atoms with van der Waals surface area (Å²) in [5.74, 6) is -1.20. The van der Waals surface area contributed by atoms with Crippen molar-refractivity contribution < 1.29 is 8.78 Å². The van der Waals surface area contributed by atoms with Gasteiger partial charge in [0, 0.05) is 41.8 Å². The van der Waals surface area contributed by atoms with Crippen LogP contribution in [0.15, 0.2) is 84.3 Å². The number of aryl methyl sites for hydroxylation is 1. The van der Waals surface area contributed by atoms with E-state index in [1.807, 2.05) is 62.0 Å². The molecule has 0 atom stereocenters. The number of H-pyrrole nitrogens is 1. The van der Waals surface area contributed by atoms with Crippen molar-refractivity contribution in [2.45, 2.75) is 18.2 Å². The standard InChI is InChI=1S/C26H20F2N4S/c1-2-23-25(32-33-26-6-4-19(27)13-22(26)28)12-18(15-31-23)16-3-5-24-21(11-16)20(8-10-30-24)17-7-9-29-14-17/h3-15,29,32H,2H2,1H3. The number of rotatable bonds is 6. The fraction of sp³-hybridized carbons (Fsp3) is 0.0769. The molecule has 0 aliphatic rings. The molecule has 0 unspecified atom stereocenters. The van der Waals surface area contributed by atoms with E-state index in [1.165, 1.54) is 12.1 Å². The molecule has 0 fully saturated rings. The van der Waals surface area contributed by atoms with E-state index in [0.29, 0.717) is 11.3 Å². The Balaban J connectivity index is 1.51. The zero-order chi connectivity index (χ0) is 22.8. The predicted octanol–water partition coefficient (Wildman–Crippen LogP) is 7.25. The zero-order valence-corrected chi connectivity index (χ0v) is 18.6. The molecule has 0 spiro atoms. The maximum Gasteiger partial charge on any atom is 0.141 e. The summed E-state index contributed by atoms with van der Waals surface area (Å²) in [6, 6.07) is 15.7. The van der Waals surface area contributed by atoms with E-state index in [-0.39, 0.29) is 0 Å². The van der Waals surface area contributed by atoms with E-state index >= 15 is 0 Å². The summed E-state index contributed by atoms with van der Waals surface area (Å²) in [4.78, 5) is 12.6. The minimum absolute atomic E-state index is 0.316. The van der Waals surface area contributed by atoms with E-state index in [0.717, 1.165) is 62.6 Å². The monoisotopic (exact) mass is 458 g/mol. The number of pyridine rings is 2. The lowest BCUT2D eigenvalue weighted by molar-refractivity contribution is 0.566. The lowest BCUT2D eigenvalue weighted by Gasteiger charge is -2.13. The first-order valence-corrected chi connectivity index (χ1v) is 11.3. The lowest BCUT2D eigenvalue weighted by atomic mass is 9.99. The second kappa shape index (κ2) is 9.03. The smallest absolute Gasteiger partial charge is 0.141 e. The molecule has 5 aromatic rings. The Hall–Kier alpha value is -3.71. The number of hydrogen-bond donors (Lipinski definition) is 2. The number of halogens is 2. The third kappa shape index (κ3) is 4.32. The van der Waals surface area contributed by atoms with Gasteiger partial charge in [-0.15, -0.1) is 0 Å². The van der Waals surface area contributed by atoms with Crippen LogP contribution in [0.3, 0.4) is 0 Å². The summed E-state index contributed by atoms with van der Waals surface area (Å²) in [6.45, 7) is 2.02. The SMILES string of the molecule is CCc1ncc(-c2ccc3nccc(-c4cc[nH]c4)c3c2)cc1NSc1ccc(F)cc1F. The van der Waals surface area contributed by atoms with Crippen molar-refractivity contribution in [2.24, 2.45) is 0 Å². The van der Waals surface area contributed by atoms with Gasteiger partial charge >= 0.3 is 0 Å². The quantitative estimate of drug-likeness (QED) is 0.263. The molecule has 2 N–H and O–H groups in total. The van der Waals surface area contributed by atoms with Crippen LogP contribution in [-0.2, 0) is 6.42 Å². The molecule has 0 radical (unpaired) electrons. The molecule has 0 aliphatic heterocycles. The van der Waals surface area contributed by atoms with Crippen LogP contribution in [-0.4, -0.2) is 15.0 Å². The predicted molar refractivity (Wildman–Crippen MR) is 130 cm³/mol. The maximum atomic E-state index is 14.1. The minimum atomic E-state index is -0.603. The Morgan fingerprint density at radius 2 is 1.85 bits per heavy atom. The molecule has 5 rings (SSSR count). The number of fused-ring (bicyclic) bond motifs is 1. The average molecular weight is 459 g/mol. The van der Waals surface area contributed by atoms with Crippen LogP contribution in [0, 0.1) is 11.6 Å². The maximum absolute atomic E-state index is 14.1. The highest BCUT2D eigenvalue weighted by Gasteiger charge is 2.11. The van der Waals surface area contributed by atoms with Crippen LogP contribution < -0.4 is 4.72 Å². The molecule has 7 heteroatoms. The van der Waals surface area contributed by atoms with E-state index < -0.39 is 11.6 Å². The molecule has 4 nitrogen and oxygen atoms in total. The minimum Gasteiger partial charge on any atom is -0.367 e. The molecular formula is C26H20F2N4S. The average Bonchev–Trinajstić information content (AvgIpc) is 3.37. The third-order valence-corrected chi connectivity index (χ3v) is 6.33. The topological polar surface area (TPSA) is 53.6 Å². The Labute approximate surface area is 194 Å². The molecule has 0 amide bonds. The van der Waals surface area contributed by atoms with E-state index in [4.69, 9.17) is 0 Å². The number of aromatic amines is 1. The number of nitrogens with one attached hydrogen (secondary N) is 2. The highest BCUT2D eigenvalue weighted by molar-refractivity contribution is 8.00. The van der Waals surface area contributed by atoms with Gasteiger partial charge in [-0.05, 0) is 77.5 Å². The highest BCUT2D eigenvalue weighted by Crippen LogP contribution is 2.33. The number of aromatic nitrogens is 3. The van der Waals surface area contributed by atoms with E-state index in [1.54, 1.807) is 0 Å². The molecule has 0 aliphatic carbocycles. The van der Waals surface area contributed by atoms with Crippen LogP contribution in [0.1, 0.15) is 12.6 Å². The first-order chi connectivity index (χ1) is 16.1. The molecule has 2 aromatic carbocycles. The summed E-state index contributed by atoms with van der Waals surface area (Å²) >= 11 is 1.10. The van der Waals surface area contributed by atoms with Crippen LogP contribution in [0.2, 0.25) is 0 Å². The first-order valence-electron chi connectivity index (χ1n) is 10.5. The number of nitrogens with zero attached hydrogens (tertiary/aromatic N) is 2. The molecule has 3 aromatic heterocycles. The summed E-state index contributed by atoms with van der Waals surface area (Å²) in [6.07, 6.45) is 8.25. The van der Waals surface area contributed by atoms with Crippen LogP contribution >= 0.6 is 11.9 Å². The summed E-state index contributed by atoms with van der Waals surface area (Å²) in [7, 11) is 0. The van der Waals surface area contributed by atoms with Gasteiger partial charge in [0.25, 0.3) is 0 Å². The summed E-state index contributed by atoms with van der Waals surface area (Å²) < 4.78 is 30.5. The Morgan fingerprint density at radius 3 is 2.64 bits per heavy atom. The van der Waals surface area contributed by atoms with Crippen molar-refractivity contribution in [3.05, 3.63) is 96.7 Å². The molecule has 0 saturated heterocycles. The first kappa shape index (κ1) is 21.2. The van der Waals surface area contributed by atoms with Crippen molar-refractivity contribution in [3.63, 3.8) is 0 Å².